The number of hydrogen-bond donors (Lipinski definition) is 8. The Hall–Kier alpha value is -0.440. The number of rotatable bonds is 4. The zero-order valence-corrected chi connectivity index (χ0v) is 12.0. The SMILES string of the molecule is OC[C@H]1O[C@@H](O[C@H]2C(O)C(O)[C@H](O)O[C@@H]2CO)C(O)C(O)[C@H]1O. The topological polar surface area (TPSA) is 190 Å². The van der Waals surface area contributed by atoms with Gasteiger partial charge in [0.15, 0.2) is 12.6 Å². The molecule has 23 heavy (non-hydrogen) atoms. The summed E-state index contributed by atoms with van der Waals surface area (Å²) in [5.74, 6) is 0. The van der Waals surface area contributed by atoms with Crippen LogP contribution in [0.3, 0.4) is 0 Å². The van der Waals surface area contributed by atoms with Crippen molar-refractivity contribution in [2.24, 2.45) is 0 Å². The fraction of sp³-hybridized carbons (Fsp3) is 1.00. The number of ether oxygens (including phenoxy) is 3. The van der Waals surface area contributed by atoms with E-state index in [1.807, 2.05) is 0 Å². The van der Waals surface area contributed by atoms with E-state index in [1.54, 1.807) is 0 Å². The van der Waals surface area contributed by atoms with Crippen molar-refractivity contribution < 1.29 is 55.1 Å². The second-order valence-electron chi connectivity index (χ2n) is 5.53. The molecule has 0 bridgehead atoms. The molecule has 136 valence electrons. The van der Waals surface area contributed by atoms with E-state index in [0.717, 1.165) is 0 Å². The molecule has 10 atom stereocenters. The molecule has 8 N–H and O–H groups in total. The number of aliphatic hydroxyl groups is 8. The normalized spacial score (nSPS) is 51.7. The molecule has 0 radical (unpaired) electrons. The summed E-state index contributed by atoms with van der Waals surface area (Å²) in [5.41, 5.74) is 0. The van der Waals surface area contributed by atoms with Crippen LogP contribution in [-0.4, -0.2) is 115 Å². The van der Waals surface area contributed by atoms with Crippen LogP contribution >= 0.6 is 0 Å². The van der Waals surface area contributed by atoms with Gasteiger partial charge < -0.3 is 55.1 Å². The highest BCUT2D eigenvalue weighted by Gasteiger charge is 2.50. The van der Waals surface area contributed by atoms with Gasteiger partial charge >= 0.3 is 0 Å². The van der Waals surface area contributed by atoms with Gasteiger partial charge in [0.05, 0.1) is 13.2 Å². The van der Waals surface area contributed by atoms with Gasteiger partial charge in [0, 0.05) is 0 Å². The highest BCUT2D eigenvalue weighted by atomic mass is 16.7. The third-order valence-corrected chi connectivity index (χ3v) is 3.98. The quantitative estimate of drug-likeness (QED) is 0.243. The summed E-state index contributed by atoms with van der Waals surface area (Å²) in [6.45, 7) is -1.35. The van der Waals surface area contributed by atoms with Gasteiger partial charge in [0.25, 0.3) is 0 Å². The van der Waals surface area contributed by atoms with Crippen LogP contribution in [0.25, 0.3) is 0 Å². The molecule has 11 nitrogen and oxygen atoms in total. The average Bonchev–Trinajstić information content (AvgIpc) is 2.55. The number of hydrogen-bond acceptors (Lipinski definition) is 11. The summed E-state index contributed by atoms with van der Waals surface area (Å²) in [6, 6.07) is 0. The molecule has 4 unspecified atom stereocenters. The minimum absolute atomic E-state index is 0.667. The monoisotopic (exact) mass is 342 g/mol. The van der Waals surface area contributed by atoms with Crippen LogP contribution in [0.4, 0.5) is 0 Å². The lowest BCUT2D eigenvalue weighted by Gasteiger charge is -2.45. The summed E-state index contributed by atoms with van der Waals surface area (Å²) >= 11 is 0. The zero-order chi connectivity index (χ0) is 17.3. The average molecular weight is 342 g/mol. The summed E-state index contributed by atoms with van der Waals surface area (Å²) in [5, 5.41) is 76.5. The van der Waals surface area contributed by atoms with Crippen molar-refractivity contribution in [3.63, 3.8) is 0 Å². The van der Waals surface area contributed by atoms with Crippen molar-refractivity contribution >= 4 is 0 Å². The predicted octanol–water partition coefficient (Wildman–Crippen LogP) is -5.40. The first-order valence-electron chi connectivity index (χ1n) is 7.08. The first-order valence-corrected chi connectivity index (χ1v) is 7.08. The summed E-state index contributed by atoms with van der Waals surface area (Å²) in [7, 11) is 0. The van der Waals surface area contributed by atoms with E-state index in [9.17, 15) is 35.7 Å². The maximum atomic E-state index is 9.94. The lowest BCUT2D eigenvalue weighted by Crippen LogP contribution is -2.64. The fourth-order valence-corrected chi connectivity index (χ4v) is 2.57. The van der Waals surface area contributed by atoms with Crippen LogP contribution in [-0.2, 0) is 14.2 Å². The van der Waals surface area contributed by atoms with E-state index < -0.39 is 74.6 Å². The highest BCUT2D eigenvalue weighted by Crippen LogP contribution is 2.28. The molecule has 2 rings (SSSR count). The third kappa shape index (κ3) is 3.65. The maximum absolute atomic E-state index is 9.94. The van der Waals surface area contributed by atoms with E-state index in [1.165, 1.54) is 0 Å². The molecule has 2 fully saturated rings. The molecule has 0 aromatic rings. The molecule has 2 aliphatic rings. The van der Waals surface area contributed by atoms with Crippen LogP contribution in [0, 0.1) is 0 Å². The molecule has 11 heteroatoms. The molecule has 0 aromatic carbocycles. The predicted molar refractivity (Wildman–Crippen MR) is 68.6 cm³/mol. The van der Waals surface area contributed by atoms with Gasteiger partial charge in [-0.05, 0) is 0 Å². The van der Waals surface area contributed by atoms with Crippen molar-refractivity contribution in [3.8, 4) is 0 Å². The molecule has 2 saturated heterocycles. The Morgan fingerprint density at radius 1 is 0.652 bits per heavy atom. The molecular formula is C12H22O11. The Morgan fingerprint density at radius 3 is 1.83 bits per heavy atom. The smallest absolute Gasteiger partial charge is 0.187 e. The van der Waals surface area contributed by atoms with Crippen LogP contribution in [0.1, 0.15) is 0 Å². The minimum Gasteiger partial charge on any atom is -0.394 e. The van der Waals surface area contributed by atoms with Gasteiger partial charge in [0.2, 0.25) is 0 Å². The summed E-state index contributed by atoms with van der Waals surface area (Å²) in [6.07, 6.45) is -15.6. The lowest BCUT2D eigenvalue weighted by molar-refractivity contribution is -0.355. The Morgan fingerprint density at radius 2 is 1.26 bits per heavy atom. The van der Waals surface area contributed by atoms with E-state index in [2.05, 4.69) is 0 Å². The lowest BCUT2D eigenvalue weighted by atomic mass is 9.97. The zero-order valence-electron chi connectivity index (χ0n) is 12.0. The minimum atomic E-state index is -1.74. The van der Waals surface area contributed by atoms with E-state index in [-0.39, 0.29) is 0 Å². The summed E-state index contributed by atoms with van der Waals surface area (Å²) in [4.78, 5) is 0. The van der Waals surface area contributed by atoms with Crippen molar-refractivity contribution in [2.75, 3.05) is 13.2 Å². The third-order valence-electron chi connectivity index (χ3n) is 3.98. The first-order chi connectivity index (χ1) is 10.8. The molecule has 0 aromatic heterocycles. The van der Waals surface area contributed by atoms with Crippen LogP contribution in [0.15, 0.2) is 0 Å². The standard InChI is InChI=1S/C12H22O11/c13-1-3-5(15)6(16)9(19)12(22-3)23-10-4(2-14)21-11(20)8(18)7(10)17/h3-20H,1-2H2/t3-,4-,5+,6?,7?,8?,9?,10-,11-,12+/m1/s1. The molecule has 2 heterocycles. The van der Waals surface area contributed by atoms with Gasteiger partial charge in [-0.1, -0.05) is 0 Å². The molecule has 0 aliphatic carbocycles. The Bertz CT molecular complexity index is 378. The van der Waals surface area contributed by atoms with Gasteiger partial charge in [-0.2, -0.15) is 0 Å². The Labute approximate surface area is 130 Å². The summed E-state index contributed by atoms with van der Waals surface area (Å²) < 4.78 is 15.3. The van der Waals surface area contributed by atoms with E-state index >= 15 is 0 Å². The van der Waals surface area contributed by atoms with Gasteiger partial charge in [0.1, 0.15) is 48.8 Å². The molecule has 0 spiro atoms. The second-order valence-corrected chi connectivity index (χ2v) is 5.53. The van der Waals surface area contributed by atoms with E-state index in [0.29, 0.717) is 0 Å². The van der Waals surface area contributed by atoms with E-state index in [4.69, 9.17) is 19.3 Å². The van der Waals surface area contributed by atoms with Gasteiger partial charge in [-0.25, -0.2) is 0 Å². The fourth-order valence-electron chi connectivity index (χ4n) is 2.57. The molecule has 0 amide bonds. The maximum Gasteiger partial charge on any atom is 0.187 e. The Kier molecular flexibility index (Phi) is 6.27. The van der Waals surface area contributed by atoms with Gasteiger partial charge in [-0.3, -0.25) is 0 Å². The van der Waals surface area contributed by atoms with Crippen LogP contribution in [0.5, 0.6) is 0 Å². The second kappa shape index (κ2) is 7.63. The molecule has 0 saturated carbocycles. The highest BCUT2D eigenvalue weighted by molar-refractivity contribution is 4.93. The number of aliphatic hydroxyl groups excluding tert-OH is 8. The van der Waals surface area contributed by atoms with Crippen molar-refractivity contribution in [1.82, 2.24) is 0 Å². The van der Waals surface area contributed by atoms with Crippen LogP contribution < -0.4 is 0 Å². The molecule has 2 aliphatic heterocycles. The van der Waals surface area contributed by atoms with Crippen molar-refractivity contribution in [2.45, 2.75) is 61.4 Å². The largest absolute Gasteiger partial charge is 0.394 e. The van der Waals surface area contributed by atoms with Crippen LogP contribution in [0.2, 0.25) is 0 Å². The first kappa shape index (κ1) is 18.9. The van der Waals surface area contributed by atoms with Crippen molar-refractivity contribution in [3.05, 3.63) is 0 Å². The van der Waals surface area contributed by atoms with Gasteiger partial charge in [-0.15, -0.1) is 0 Å². The van der Waals surface area contributed by atoms with Crippen molar-refractivity contribution in [1.29, 1.82) is 0 Å². The molecular weight excluding hydrogens is 320 g/mol. The Balaban J connectivity index is 2.11.